The summed E-state index contributed by atoms with van der Waals surface area (Å²) in [4.78, 5) is 2.45. The van der Waals surface area contributed by atoms with E-state index >= 15 is 0 Å². The molecule has 1 aliphatic heterocycles. The maximum Gasteiger partial charge on any atom is 0.0762 e. The third-order valence-corrected chi connectivity index (χ3v) is 3.36. The number of benzene rings is 1. The normalized spacial score (nSPS) is 17.4. The number of hydrogen-bond acceptors (Lipinski definition) is 2. The molecule has 1 atom stereocenters. The zero-order valence-electron chi connectivity index (χ0n) is 10.4. The second-order valence-electron chi connectivity index (χ2n) is 4.95. The lowest BCUT2D eigenvalue weighted by Gasteiger charge is -2.35. The molecule has 0 fully saturated rings. The van der Waals surface area contributed by atoms with Gasteiger partial charge in [0.05, 0.1) is 6.10 Å². The molecule has 0 unspecified atom stereocenters. The molecule has 16 heavy (non-hydrogen) atoms. The Morgan fingerprint density at radius 2 is 2.00 bits per heavy atom. The fourth-order valence-corrected chi connectivity index (χ4v) is 2.44. The van der Waals surface area contributed by atoms with Gasteiger partial charge < -0.3 is 10.0 Å². The van der Waals surface area contributed by atoms with Crippen molar-refractivity contribution < 1.29 is 5.11 Å². The SMILES string of the molecule is CC(C)N1CCCc2cc([C@H](C)O)ccc21. The highest BCUT2D eigenvalue weighted by Crippen LogP contribution is 2.30. The van der Waals surface area contributed by atoms with Gasteiger partial charge in [0.25, 0.3) is 0 Å². The molecule has 0 saturated carbocycles. The highest BCUT2D eigenvalue weighted by molar-refractivity contribution is 5.57. The van der Waals surface area contributed by atoms with Crippen molar-refractivity contribution in [3.63, 3.8) is 0 Å². The van der Waals surface area contributed by atoms with Crippen LogP contribution in [0.5, 0.6) is 0 Å². The Kier molecular flexibility index (Phi) is 3.20. The van der Waals surface area contributed by atoms with Crippen molar-refractivity contribution in [1.29, 1.82) is 0 Å². The van der Waals surface area contributed by atoms with Crippen LogP contribution in [0.1, 0.15) is 44.4 Å². The van der Waals surface area contributed by atoms with Gasteiger partial charge in [0, 0.05) is 18.3 Å². The van der Waals surface area contributed by atoms with Gasteiger partial charge in [-0.15, -0.1) is 0 Å². The predicted octanol–water partition coefficient (Wildman–Crippen LogP) is 2.90. The first-order valence-electron chi connectivity index (χ1n) is 6.17. The van der Waals surface area contributed by atoms with E-state index in [2.05, 4.69) is 30.9 Å². The molecule has 0 spiro atoms. The summed E-state index contributed by atoms with van der Waals surface area (Å²) in [5, 5.41) is 9.59. The maximum atomic E-state index is 9.59. The van der Waals surface area contributed by atoms with Crippen LogP contribution in [0.4, 0.5) is 5.69 Å². The Labute approximate surface area is 97.9 Å². The molecule has 1 aliphatic rings. The minimum atomic E-state index is -0.361. The summed E-state index contributed by atoms with van der Waals surface area (Å²) in [5.41, 5.74) is 3.77. The topological polar surface area (TPSA) is 23.5 Å². The number of aryl methyl sites for hydroxylation is 1. The van der Waals surface area contributed by atoms with E-state index in [0.717, 1.165) is 18.5 Å². The molecule has 0 aliphatic carbocycles. The van der Waals surface area contributed by atoms with Crippen LogP contribution in [0, 0.1) is 0 Å². The summed E-state index contributed by atoms with van der Waals surface area (Å²) >= 11 is 0. The summed E-state index contributed by atoms with van der Waals surface area (Å²) in [6, 6.07) is 6.92. The summed E-state index contributed by atoms with van der Waals surface area (Å²) < 4.78 is 0. The smallest absolute Gasteiger partial charge is 0.0762 e. The molecule has 2 rings (SSSR count). The van der Waals surface area contributed by atoms with E-state index in [1.165, 1.54) is 17.7 Å². The second-order valence-corrected chi connectivity index (χ2v) is 4.95. The monoisotopic (exact) mass is 219 g/mol. The van der Waals surface area contributed by atoms with Gasteiger partial charge in [0.2, 0.25) is 0 Å². The standard InChI is InChI=1S/C14H21NO/c1-10(2)15-8-4-5-13-9-12(11(3)16)6-7-14(13)15/h6-7,9-11,16H,4-5,8H2,1-3H3/t11-/m0/s1. The van der Waals surface area contributed by atoms with Crippen molar-refractivity contribution >= 4 is 5.69 Å². The van der Waals surface area contributed by atoms with Crippen LogP contribution in [0.15, 0.2) is 18.2 Å². The Hall–Kier alpha value is -1.02. The molecular formula is C14H21NO. The first kappa shape index (κ1) is 11.5. The molecule has 0 amide bonds. The lowest BCUT2D eigenvalue weighted by molar-refractivity contribution is 0.199. The van der Waals surface area contributed by atoms with Gasteiger partial charge in [0.1, 0.15) is 0 Å². The summed E-state index contributed by atoms with van der Waals surface area (Å²) in [6.07, 6.45) is 1.99. The molecule has 0 aromatic heterocycles. The van der Waals surface area contributed by atoms with E-state index in [0.29, 0.717) is 6.04 Å². The Morgan fingerprint density at radius 1 is 1.25 bits per heavy atom. The van der Waals surface area contributed by atoms with Crippen LogP contribution >= 0.6 is 0 Å². The first-order valence-corrected chi connectivity index (χ1v) is 6.17. The van der Waals surface area contributed by atoms with Crippen molar-refractivity contribution in [3.05, 3.63) is 29.3 Å². The first-order chi connectivity index (χ1) is 7.59. The summed E-state index contributed by atoms with van der Waals surface area (Å²) in [7, 11) is 0. The van der Waals surface area contributed by atoms with E-state index in [9.17, 15) is 5.11 Å². The van der Waals surface area contributed by atoms with Crippen LogP contribution in [-0.2, 0) is 6.42 Å². The number of nitrogens with zero attached hydrogens (tertiary/aromatic N) is 1. The minimum Gasteiger partial charge on any atom is -0.389 e. The van der Waals surface area contributed by atoms with Crippen LogP contribution in [-0.4, -0.2) is 17.7 Å². The molecule has 1 N–H and O–H groups in total. The molecule has 0 saturated heterocycles. The van der Waals surface area contributed by atoms with E-state index in [1.54, 1.807) is 0 Å². The van der Waals surface area contributed by atoms with Gasteiger partial charge >= 0.3 is 0 Å². The minimum absolute atomic E-state index is 0.361. The maximum absolute atomic E-state index is 9.59. The van der Waals surface area contributed by atoms with Crippen molar-refractivity contribution in [2.45, 2.75) is 45.8 Å². The number of hydrogen-bond donors (Lipinski definition) is 1. The molecule has 1 heterocycles. The third kappa shape index (κ3) is 2.07. The molecule has 0 bridgehead atoms. The zero-order chi connectivity index (χ0) is 11.7. The van der Waals surface area contributed by atoms with Gasteiger partial charge in [0.15, 0.2) is 0 Å². The van der Waals surface area contributed by atoms with E-state index in [1.807, 2.05) is 13.0 Å². The van der Waals surface area contributed by atoms with Crippen LogP contribution in [0.25, 0.3) is 0 Å². The van der Waals surface area contributed by atoms with E-state index in [-0.39, 0.29) is 6.10 Å². The Morgan fingerprint density at radius 3 is 2.62 bits per heavy atom. The van der Waals surface area contributed by atoms with Crippen LogP contribution in [0.3, 0.4) is 0 Å². The van der Waals surface area contributed by atoms with Gasteiger partial charge in [-0.1, -0.05) is 12.1 Å². The highest BCUT2D eigenvalue weighted by atomic mass is 16.3. The second kappa shape index (κ2) is 4.46. The summed E-state index contributed by atoms with van der Waals surface area (Å²) in [6.45, 7) is 7.44. The largest absolute Gasteiger partial charge is 0.389 e. The van der Waals surface area contributed by atoms with E-state index < -0.39 is 0 Å². The molecule has 1 aromatic carbocycles. The fourth-order valence-electron chi connectivity index (χ4n) is 2.44. The molecule has 88 valence electrons. The van der Waals surface area contributed by atoms with Crippen molar-refractivity contribution in [3.8, 4) is 0 Å². The summed E-state index contributed by atoms with van der Waals surface area (Å²) in [5.74, 6) is 0. The van der Waals surface area contributed by atoms with Gasteiger partial charge in [-0.25, -0.2) is 0 Å². The molecular weight excluding hydrogens is 198 g/mol. The lowest BCUT2D eigenvalue weighted by Crippen LogP contribution is -2.35. The number of anilines is 1. The van der Waals surface area contributed by atoms with Crippen molar-refractivity contribution in [2.24, 2.45) is 0 Å². The fraction of sp³-hybridized carbons (Fsp3) is 0.571. The average molecular weight is 219 g/mol. The average Bonchev–Trinajstić information content (AvgIpc) is 2.27. The molecule has 2 heteroatoms. The molecule has 1 aromatic rings. The Balaban J connectivity index is 2.37. The quantitative estimate of drug-likeness (QED) is 0.826. The lowest BCUT2D eigenvalue weighted by atomic mass is 9.97. The zero-order valence-corrected chi connectivity index (χ0v) is 10.4. The van der Waals surface area contributed by atoms with Gasteiger partial charge in [-0.3, -0.25) is 0 Å². The van der Waals surface area contributed by atoms with Gasteiger partial charge in [-0.2, -0.15) is 0 Å². The van der Waals surface area contributed by atoms with Gasteiger partial charge in [-0.05, 0) is 50.8 Å². The van der Waals surface area contributed by atoms with Crippen LogP contribution < -0.4 is 4.90 Å². The molecule has 0 radical (unpaired) electrons. The number of aliphatic hydroxyl groups is 1. The highest BCUT2D eigenvalue weighted by Gasteiger charge is 2.19. The van der Waals surface area contributed by atoms with Crippen molar-refractivity contribution in [1.82, 2.24) is 0 Å². The number of rotatable bonds is 2. The number of aliphatic hydroxyl groups excluding tert-OH is 1. The predicted molar refractivity (Wildman–Crippen MR) is 67.9 cm³/mol. The molecule has 2 nitrogen and oxygen atoms in total. The van der Waals surface area contributed by atoms with Crippen molar-refractivity contribution in [2.75, 3.05) is 11.4 Å². The van der Waals surface area contributed by atoms with E-state index in [4.69, 9.17) is 0 Å². The van der Waals surface area contributed by atoms with Crippen LogP contribution in [0.2, 0.25) is 0 Å². The third-order valence-electron chi connectivity index (χ3n) is 3.36. The number of fused-ring (bicyclic) bond motifs is 1. The Bertz CT molecular complexity index is 371.